The van der Waals surface area contributed by atoms with E-state index in [2.05, 4.69) is 31.3 Å². The van der Waals surface area contributed by atoms with Crippen molar-refractivity contribution in [1.82, 2.24) is 5.32 Å². The summed E-state index contributed by atoms with van der Waals surface area (Å²) in [5.74, 6) is 1.70. The van der Waals surface area contributed by atoms with Crippen molar-refractivity contribution in [3.63, 3.8) is 0 Å². The number of nitrogens with one attached hydrogen (secondary N) is 1. The molecule has 0 aliphatic rings. The lowest BCUT2D eigenvalue weighted by atomic mass is 10.1. The van der Waals surface area contributed by atoms with E-state index in [1.54, 1.807) is 7.11 Å². The number of rotatable bonds is 10. The van der Waals surface area contributed by atoms with E-state index in [4.69, 9.17) is 4.74 Å². The lowest BCUT2D eigenvalue weighted by molar-refractivity contribution is 0.414. The third-order valence-corrected chi connectivity index (χ3v) is 3.28. The van der Waals surface area contributed by atoms with Gasteiger partial charge in [-0.05, 0) is 56.0 Å². The molecule has 1 aromatic rings. The van der Waals surface area contributed by atoms with Crippen LogP contribution in [0.4, 0.5) is 0 Å². The van der Waals surface area contributed by atoms with Gasteiger partial charge >= 0.3 is 0 Å². The van der Waals surface area contributed by atoms with Crippen molar-refractivity contribution < 1.29 is 4.74 Å². The van der Waals surface area contributed by atoms with Crippen LogP contribution in [0.15, 0.2) is 24.3 Å². The minimum Gasteiger partial charge on any atom is -0.497 e. The van der Waals surface area contributed by atoms with Crippen LogP contribution in [0.5, 0.6) is 5.75 Å². The third-order valence-electron chi connectivity index (χ3n) is 3.28. The molecule has 0 aliphatic carbocycles. The van der Waals surface area contributed by atoms with E-state index < -0.39 is 0 Å². The average Bonchev–Trinajstić information content (AvgIpc) is 2.42. The molecule has 1 aromatic carbocycles. The van der Waals surface area contributed by atoms with E-state index in [9.17, 15) is 0 Å². The second kappa shape index (κ2) is 9.85. The highest BCUT2D eigenvalue weighted by Gasteiger charge is 1.96. The predicted octanol–water partition coefficient (Wildman–Crippen LogP) is 4.04. The molecule has 0 amide bonds. The summed E-state index contributed by atoms with van der Waals surface area (Å²) in [5, 5.41) is 3.49. The molecule has 2 nitrogen and oxygen atoms in total. The molecule has 0 fully saturated rings. The maximum atomic E-state index is 5.16. The summed E-state index contributed by atoms with van der Waals surface area (Å²) in [4.78, 5) is 0. The maximum absolute atomic E-state index is 5.16. The topological polar surface area (TPSA) is 21.3 Å². The van der Waals surface area contributed by atoms with Crippen LogP contribution in [-0.2, 0) is 6.42 Å². The van der Waals surface area contributed by atoms with Gasteiger partial charge in [0.05, 0.1) is 7.11 Å². The zero-order valence-electron chi connectivity index (χ0n) is 12.7. The summed E-state index contributed by atoms with van der Waals surface area (Å²) in [7, 11) is 1.71. The van der Waals surface area contributed by atoms with Crippen molar-refractivity contribution in [2.45, 2.75) is 46.0 Å². The quantitative estimate of drug-likeness (QED) is 0.643. The second-order valence-corrected chi connectivity index (χ2v) is 5.61. The van der Waals surface area contributed by atoms with Crippen molar-refractivity contribution in [3.8, 4) is 5.75 Å². The highest BCUT2D eigenvalue weighted by molar-refractivity contribution is 5.27. The lowest BCUT2D eigenvalue weighted by Gasteiger charge is -2.07. The lowest BCUT2D eigenvalue weighted by Crippen LogP contribution is -2.20. The molecule has 1 rings (SSSR count). The van der Waals surface area contributed by atoms with Gasteiger partial charge in [-0.2, -0.15) is 0 Å². The van der Waals surface area contributed by atoms with Gasteiger partial charge in [0.15, 0.2) is 0 Å². The van der Waals surface area contributed by atoms with Crippen LogP contribution in [0.3, 0.4) is 0 Å². The summed E-state index contributed by atoms with van der Waals surface area (Å²) >= 11 is 0. The Labute approximate surface area is 118 Å². The highest BCUT2D eigenvalue weighted by Crippen LogP contribution is 2.13. The Kier molecular flexibility index (Phi) is 8.31. The molecule has 0 spiro atoms. The SMILES string of the molecule is COc1ccc(CCCCCCNCC(C)C)cc1. The molecule has 0 bridgehead atoms. The first-order valence-electron chi connectivity index (χ1n) is 7.56. The summed E-state index contributed by atoms with van der Waals surface area (Å²) in [5.41, 5.74) is 1.42. The van der Waals surface area contributed by atoms with Crippen LogP contribution in [0, 0.1) is 5.92 Å². The Morgan fingerprint density at radius 1 is 1.00 bits per heavy atom. The fourth-order valence-electron chi connectivity index (χ4n) is 2.12. The Bertz CT molecular complexity index is 319. The molecule has 19 heavy (non-hydrogen) atoms. The Morgan fingerprint density at radius 2 is 1.68 bits per heavy atom. The number of benzene rings is 1. The fraction of sp³-hybridized carbons (Fsp3) is 0.647. The van der Waals surface area contributed by atoms with Crippen molar-refractivity contribution in [2.24, 2.45) is 5.92 Å². The molecular weight excluding hydrogens is 234 g/mol. The van der Waals surface area contributed by atoms with E-state index in [0.717, 1.165) is 18.2 Å². The molecule has 0 radical (unpaired) electrons. The molecule has 0 unspecified atom stereocenters. The normalized spacial score (nSPS) is 10.9. The molecule has 0 aromatic heterocycles. The molecule has 0 saturated carbocycles. The number of hydrogen-bond donors (Lipinski definition) is 1. The minimum absolute atomic E-state index is 0.759. The van der Waals surface area contributed by atoms with Crippen LogP contribution in [0.2, 0.25) is 0 Å². The zero-order chi connectivity index (χ0) is 13.9. The van der Waals surface area contributed by atoms with Gasteiger partial charge in [0.25, 0.3) is 0 Å². The van der Waals surface area contributed by atoms with Crippen LogP contribution in [0.25, 0.3) is 0 Å². The molecule has 0 aliphatic heterocycles. The fourth-order valence-corrected chi connectivity index (χ4v) is 2.12. The standard InChI is InChI=1S/C17H29NO/c1-15(2)14-18-13-7-5-4-6-8-16-9-11-17(19-3)12-10-16/h9-12,15,18H,4-8,13-14H2,1-3H3. The van der Waals surface area contributed by atoms with E-state index in [1.165, 1.54) is 44.2 Å². The van der Waals surface area contributed by atoms with E-state index >= 15 is 0 Å². The van der Waals surface area contributed by atoms with Gasteiger partial charge in [-0.3, -0.25) is 0 Å². The summed E-state index contributed by atoms with van der Waals surface area (Å²) in [6, 6.07) is 8.43. The van der Waals surface area contributed by atoms with Gasteiger partial charge < -0.3 is 10.1 Å². The molecular formula is C17H29NO. The van der Waals surface area contributed by atoms with E-state index in [0.29, 0.717) is 0 Å². The Morgan fingerprint density at radius 3 is 2.32 bits per heavy atom. The van der Waals surface area contributed by atoms with Gasteiger partial charge in [-0.25, -0.2) is 0 Å². The van der Waals surface area contributed by atoms with Gasteiger partial charge in [0.1, 0.15) is 5.75 Å². The number of unbranched alkanes of at least 4 members (excludes halogenated alkanes) is 3. The summed E-state index contributed by atoms with van der Waals surface area (Å²) in [6.45, 7) is 6.82. The zero-order valence-corrected chi connectivity index (χ0v) is 12.7. The van der Waals surface area contributed by atoms with Gasteiger partial charge in [-0.15, -0.1) is 0 Å². The predicted molar refractivity (Wildman–Crippen MR) is 82.9 cm³/mol. The van der Waals surface area contributed by atoms with Crippen LogP contribution < -0.4 is 10.1 Å². The summed E-state index contributed by atoms with van der Waals surface area (Å²) in [6.07, 6.45) is 6.44. The first-order valence-corrected chi connectivity index (χ1v) is 7.56. The van der Waals surface area contributed by atoms with Crippen molar-refractivity contribution >= 4 is 0 Å². The van der Waals surface area contributed by atoms with Crippen LogP contribution >= 0.6 is 0 Å². The average molecular weight is 263 g/mol. The van der Waals surface area contributed by atoms with E-state index in [1.807, 2.05) is 12.1 Å². The second-order valence-electron chi connectivity index (χ2n) is 5.61. The molecule has 0 saturated heterocycles. The Balaban J connectivity index is 1.98. The number of aryl methyl sites for hydroxylation is 1. The van der Waals surface area contributed by atoms with E-state index in [-0.39, 0.29) is 0 Å². The van der Waals surface area contributed by atoms with Crippen molar-refractivity contribution in [1.29, 1.82) is 0 Å². The smallest absolute Gasteiger partial charge is 0.118 e. The largest absolute Gasteiger partial charge is 0.497 e. The van der Waals surface area contributed by atoms with Crippen molar-refractivity contribution in [2.75, 3.05) is 20.2 Å². The molecule has 2 heteroatoms. The van der Waals surface area contributed by atoms with Gasteiger partial charge in [-0.1, -0.05) is 38.8 Å². The van der Waals surface area contributed by atoms with Gasteiger partial charge in [0, 0.05) is 0 Å². The first kappa shape index (κ1) is 16.0. The Hall–Kier alpha value is -1.02. The third kappa shape index (κ3) is 7.89. The van der Waals surface area contributed by atoms with Gasteiger partial charge in [0.2, 0.25) is 0 Å². The number of methoxy groups -OCH3 is 1. The molecule has 0 heterocycles. The highest BCUT2D eigenvalue weighted by atomic mass is 16.5. The first-order chi connectivity index (χ1) is 9.22. The molecule has 108 valence electrons. The van der Waals surface area contributed by atoms with Crippen molar-refractivity contribution in [3.05, 3.63) is 29.8 Å². The minimum atomic E-state index is 0.759. The number of ether oxygens (including phenoxy) is 1. The molecule has 1 N–H and O–H groups in total. The number of hydrogen-bond acceptors (Lipinski definition) is 2. The van der Waals surface area contributed by atoms with Crippen LogP contribution in [-0.4, -0.2) is 20.2 Å². The molecule has 0 atom stereocenters. The van der Waals surface area contributed by atoms with Crippen LogP contribution in [0.1, 0.15) is 45.1 Å². The monoisotopic (exact) mass is 263 g/mol. The maximum Gasteiger partial charge on any atom is 0.118 e. The summed E-state index contributed by atoms with van der Waals surface area (Å²) < 4.78 is 5.16.